The molecular weight excluding hydrogens is 180 g/mol. The molecule has 0 aliphatic heterocycles. The van der Waals surface area contributed by atoms with Crippen molar-refractivity contribution in [2.45, 2.75) is 13.5 Å². The molecule has 14 heavy (non-hydrogen) atoms. The average Bonchev–Trinajstić information content (AvgIpc) is 2.86. The summed E-state index contributed by atoms with van der Waals surface area (Å²) in [5.41, 5.74) is 0.889. The number of hydrogen-bond acceptors (Lipinski definition) is 3. The Morgan fingerprint density at radius 1 is 1.57 bits per heavy atom. The van der Waals surface area contributed by atoms with Crippen molar-refractivity contribution in [2.24, 2.45) is 0 Å². The van der Waals surface area contributed by atoms with E-state index in [1.165, 1.54) is 0 Å². The molecule has 0 atom stereocenters. The van der Waals surface area contributed by atoms with Crippen molar-refractivity contribution in [1.82, 2.24) is 9.78 Å². The molecule has 4 heteroatoms. The van der Waals surface area contributed by atoms with Crippen molar-refractivity contribution >= 4 is 6.29 Å². The molecule has 0 saturated carbocycles. The molecule has 0 radical (unpaired) electrons. The number of aromatic nitrogens is 2. The molecule has 2 rings (SSSR count). The van der Waals surface area contributed by atoms with Gasteiger partial charge in [0.05, 0.1) is 11.8 Å². The molecule has 0 unspecified atom stereocenters. The van der Waals surface area contributed by atoms with Crippen LogP contribution in [0.4, 0.5) is 0 Å². The maximum atomic E-state index is 10.4. The van der Waals surface area contributed by atoms with Crippen molar-refractivity contribution in [3.63, 3.8) is 0 Å². The van der Waals surface area contributed by atoms with Gasteiger partial charge in [0.25, 0.3) is 0 Å². The highest BCUT2D eigenvalue weighted by molar-refractivity contribution is 5.72. The van der Waals surface area contributed by atoms with Gasteiger partial charge in [-0.1, -0.05) is 0 Å². The molecule has 2 aromatic heterocycles. The highest BCUT2D eigenvalue weighted by Crippen LogP contribution is 2.20. The smallest absolute Gasteiger partial charge is 0.185 e. The van der Waals surface area contributed by atoms with E-state index in [-0.39, 0.29) is 0 Å². The fourth-order valence-corrected chi connectivity index (χ4v) is 1.24. The maximum absolute atomic E-state index is 10.4. The summed E-state index contributed by atoms with van der Waals surface area (Å²) in [5, 5.41) is 4.11. The van der Waals surface area contributed by atoms with E-state index in [0.717, 1.165) is 12.1 Å². The fraction of sp³-hybridized carbons (Fsp3) is 0.200. The van der Waals surface area contributed by atoms with Gasteiger partial charge in [-0.05, 0) is 19.1 Å². The summed E-state index contributed by atoms with van der Waals surface area (Å²) in [6.07, 6.45) is 4.29. The van der Waals surface area contributed by atoms with Gasteiger partial charge in [-0.2, -0.15) is 5.10 Å². The van der Waals surface area contributed by atoms with Crippen LogP contribution in [0.5, 0.6) is 0 Å². The summed E-state index contributed by atoms with van der Waals surface area (Å²) in [4.78, 5) is 10.4. The van der Waals surface area contributed by atoms with E-state index in [1.54, 1.807) is 23.0 Å². The zero-order chi connectivity index (χ0) is 9.97. The molecule has 72 valence electrons. The molecule has 0 aromatic carbocycles. The van der Waals surface area contributed by atoms with E-state index in [1.807, 2.05) is 13.1 Å². The van der Waals surface area contributed by atoms with Crippen LogP contribution in [0.25, 0.3) is 11.3 Å². The Morgan fingerprint density at radius 2 is 2.43 bits per heavy atom. The molecular formula is C10H10N2O2. The van der Waals surface area contributed by atoms with Gasteiger partial charge in [0.2, 0.25) is 0 Å². The Morgan fingerprint density at radius 3 is 3.00 bits per heavy atom. The quantitative estimate of drug-likeness (QED) is 0.695. The number of carbonyl (C=O) groups excluding carboxylic acids is 1. The average molecular weight is 190 g/mol. The predicted molar refractivity (Wildman–Crippen MR) is 51.0 cm³/mol. The Bertz CT molecular complexity index is 442. The second-order valence-electron chi connectivity index (χ2n) is 2.90. The minimum Gasteiger partial charge on any atom is -0.453 e. The maximum Gasteiger partial charge on any atom is 0.185 e. The number of carbonyl (C=O) groups is 1. The molecule has 0 N–H and O–H groups in total. The first-order valence-electron chi connectivity index (χ1n) is 4.41. The van der Waals surface area contributed by atoms with E-state index in [0.29, 0.717) is 17.8 Å². The largest absolute Gasteiger partial charge is 0.453 e. The molecule has 0 aliphatic carbocycles. The van der Waals surface area contributed by atoms with E-state index in [4.69, 9.17) is 4.42 Å². The van der Waals surface area contributed by atoms with Crippen molar-refractivity contribution in [1.29, 1.82) is 0 Å². The minimum atomic E-state index is 0.337. The molecule has 2 aromatic rings. The second kappa shape index (κ2) is 3.49. The standard InChI is InChI=1S/C10H10N2O2/c1-2-12-6-8(5-11-12)10-4-3-9(7-13)14-10/h3-7H,2H2,1H3. The van der Waals surface area contributed by atoms with Crippen molar-refractivity contribution in [2.75, 3.05) is 0 Å². The first kappa shape index (κ1) is 8.74. The Kier molecular flexibility index (Phi) is 2.18. The molecule has 0 aliphatic rings. The van der Waals surface area contributed by atoms with Crippen LogP contribution in [0.2, 0.25) is 0 Å². The van der Waals surface area contributed by atoms with Crippen LogP contribution in [0, 0.1) is 0 Å². The number of aldehydes is 1. The summed E-state index contributed by atoms with van der Waals surface area (Å²) in [7, 11) is 0. The zero-order valence-corrected chi connectivity index (χ0v) is 7.80. The van der Waals surface area contributed by atoms with Gasteiger partial charge < -0.3 is 4.42 Å². The molecule has 0 saturated heterocycles. The number of furan rings is 1. The monoisotopic (exact) mass is 190 g/mol. The fourth-order valence-electron chi connectivity index (χ4n) is 1.24. The van der Waals surface area contributed by atoms with E-state index in [2.05, 4.69) is 5.10 Å². The van der Waals surface area contributed by atoms with Crippen LogP contribution in [0.1, 0.15) is 17.5 Å². The minimum absolute atomic E-state index is 0.337. The molecule has 0 spiro atoms. The van der Waals surface area contributed by atoms with Crippen LogP contribution in [-0.4, -0.2) is 16.1 Å². The molecule has 0 amide bonds. The van der Waals surface area contributed by atoms with Crippen LogP contribution < -0.4 is 0 Å². The highest BCUT2D eigenvalue weighted by Gasteiger charge is 2.05. The summed E-state index contributed by atoms with van der Waals surface area (Å²) in [5.74, 6) is 1.01. The van der Waals surface area contributed by atoms with Gasteiger partial charge in [-0.15, -0.1) is 0 Å². The first-order chi connectivity index (χ1) is 6.83. The lowest BCUT2D eigenvalue weighted by Crippen LogP contribution is -1.91. The Balaban J connectivity index is 2.33. The number of rotatable bonds is 3. The van der Waals surface area contributed by atoms with Crippen LogP contribution >= 0.6 is 0 Å². The van der Waals surface area contributed by atoms with Crippen molar-refractivity contribution < 1.29 is 9.21 Å². The van der Waals surface area contributed by atoms with Gasteiger partial charge in [0.1, 0.15) is 5.76 Å². The zero-order valence-electron chi connectivity index (χ0n) is 7.80. The van der Waals surface area contributed by atoms with Crippen LogP contribution in [0.3, 0.4) is 0 Å². The van der Waals surface area contributed by atoms with Gasteiger partial charge in [0.15, 0.2) is 12.0 Å². The molecule has 0 bridgehead atoms. The lowest BCUT2D eigenvalue weighted by atomic mass is 10.3. The third kappa shape index (κ3) is 1.46. The van der Waals surface area contributed by atoms with E-state index in [9.17, 15) is 4.79 Å². The predicted octanol–water partition coefficient (Wildman–Crippen LogP) is 1.98. The SMILES string of the molecule is CCn1cc(-c2ccc(C=O)o2)cn1. The van der Waals surface area contributed by atoms with Crippen molar-refractivity contribution in [3.8, 4) is 11.3 Å². The summed E-state index contributed by atoms with van der Waals surface area (Å²) < 4.78 is 7.06. The van der Waals surface area contributed by atoms with Gasteiger partial charge in [-0.3, -0.25) is 9.48 Å². The van der Waals surface area contributed by atoms with Gasteiger partial charge in [0, 0.05) is 12.7 Å². The summed E-state index contributed by atoms with van der Waals surface area (Å²) >= 11 is 0. The van der Waals surface area contributed by atoms with Crippen molar-refractivity contribution in [3.05, 3.63) is 30.3 Å². The molecule has 4 nitrogen and oxygen atoms in total. The number of hydrogen-bond donors (Lipinski definition) is 0. The second-order valence-corrected chi connectivity index (χ2v) is 2.90. The lowest BCUT2D eigenvalue weighted by Gasteiger charge is -1.90. The van der Waals surface area contributed by atoms with Gasteiger partial charge in [-0.25, -0.2) is 0 Å². The third-order valence-electron chi connectivity index (χ3n) is 1.98. The first-order valence-corrected chi connectivity index (χ1v) is 4.41. The lowest BCUT2D eigenvalue weighted by molar-refractivity contribution is 0.110. The van der Waals surface area contributed by atoms with E-state index >= 15 is 0 Å². The third-order valence-corrected chi connectivity index (χ3v) is 1.98. The van der Waals surface area contributed by atoms with Crippen LogP contribution in [0.15, 0.2) is 28.9 Å². The molecule has 2 heterocycles. The van der Waals surface area contributed by atoms with Crippen LogP contribution in [-0.2, 0) is 6.54 Å². The summed E-state index contributed by atoms with van der Waals surface area (Å²) in [6, 6.07) is 3.41. The number of nitrogens with zero attached hydrogens (tertiary/aromatic N) is 2. The van der Waals surface area contributed by atoms with Gasteiger partial charge >= 0.3 is 0 Å². The Labute approximate surface area is 81.1 Å². The van der Waals surface area contributed by atoms with E-state index < -0.39 is 0 Å². The summed E-state index contributed by atoms with van der Waals surface area (Å²) in [6.45, 7) is 2.83. The highest BCUT2D eigenvalue weighted by atomic mass is 16.3. The Hall–Kier alpha value is -1.84. The molecule has 0 fully saturated rings. The number of aryl methyl sites for hydroxylation is 1. The normalized spacial score (nSPS) is 10.4. The topological polar surface area (TPSA) is 48.0 Å².